The van der Waals surface area contributed by atoms with Crippen LogP contribution in [0.25, 0.3) is 28.3 Å². The quantitative estimate of drug-likeness (QED) is 0.292. The van der Waals surface area contributed by atoms with Crippen LogP contribution in [-0.4, -0.2) is 50.1 Å². The number of imidazole rings is 1. The lowest BCUT2D eigenvalue weighted by molar-refractivity contribution is 0.0333. The highest BCUT2D eigenvalue weighted by atomic mass is 16.6. The Morgan fingerprint density at radius 1 is 1.10 bits per heavy atom. The number of nitrogens with one attached hydrogen (secondary N) is 1. The second kappa shape index (κ2) is 9.80. The molecule has 6 rings (SSSR count). The van der Waals surface area contributed by atoms with E-state index in [4.69, 9.17) is 14.7 Å². The van der Waals surface area contributed by atoms with Crippen LogP contribution in [0.2, 0.25) is 0 Å². The van der Waals surface area contributed by atoms with Gasteiger partial charge in [-0.15, -0.1) is 0 Å². The molecule has 2 amide bonds. The van der Waals surface area contributed by atoms with E-state index >= 15 is 0 Å². The Labute approximate surface area is 244 Å². The molecule has 0 bridgehead atoms. The molecule has 1 fully saturated rings. The van der Waals surface area contributed by atoms with Gasteiger partial charge >= 0.3 is 12.2 Å². The highest BCUT2D eigenvalue weighted by molar-refractivity contribution is 5.90. The molecule has 2 aliphatic heterocycles. The van der Waals surface area contributed by atoms with Gasteiger partial charge in [0.2, 0.25) is 0 Å². The Kier molecular flexibility index (Phi) is 6.34. The molecule has 10 nitrogen and oxygen atoms in total. The number of nitrogens with zero attached hydrogens (tertiary/aromatic N) is 5. The maximum absolute atomic E-state index is 13.1. The van der Waals surface area contributed by atoms with E-state index in [1.807, 2.05) is 62.5 Å². The van der Waals surface area contributed by atoms with Gasteiger partial charge in [-0.05, 0) is 82.1 Å². The van der Waals surface area contributed by atoms with Crippen molar-refractivity contribution >= 4 is 17.9 Å². The molecule has 4 aromatic rings. The van der Waals surface area contributed by atoms with Crippen molar-refractivity contribution < 1.29 is 19.1 Å². The highest BCUT2D eigenvalue weighted by Crippen LogP contribution is 2.36. The molecule has 10 heteroatoms. The minimum atomic E-state index is -0.855. The lowest BCUT2D eigenvalue weighted by Crippen LogP contribution is -2.54. The Bertz CT molecular complexity index is 1740. The molecule has 1 N–H and O–H groups in total. The number of anilines is 1. The number of fused-ring (bicyclic) bond motifs is 5. The van der Waals surface area contributed by atoms with Gasteiger partial charge in [-0.25, -0.2) is 14.6 Å². The molecule has 0 spiro atoms. The number of carbonyl (C=O) groups excluding carboxylic acids is 2. The molecule has 1 saturated heterocycles. The molecule has 42 heavy (non-hydrogen) atoms. The lowest BCUT2D eigenvalue weighted by atomic mass is 9.97. The van der Waals surface area contributed by atoms with Crippen LogP contribution in [-0.2, 0) is 16.0 Å². The summed E-state index contributed by atoms with van der Waals surface area (Å²) in [4.78, 5) is 31.8. The van der Waals surface area contributed by atoms with Crippen LogP contribution in [0.15, 0.2) is 67.1 Å². The average Bonchev–Trinajstić information content (AvgIpc) is 3.64. The molecule has 214 valence electrons. The van der Waals surface area contributed by atoms with E-state index in [0.717, 1.165) is 33.9 Å². The smallest absolute Gasteiger partial charge is 0.414 e. The molecule has 0 saturated carbocycles. The van der Waals surface area contributed by atoms with Gasteiger partial charge in [0.05, 0.1) is 35.1 Å². The van der Waals surface area contributed by atoms with E-state index in [2.05, 4.69) is 37.8 Å². The summed E-state index contributed by atoms with van der Waals surface area (Å²) in [5, 5.41) is 12.0. The molecule has 1 unspecified atom stereocenters. The Hall–Kier alpha value is -5.04. The molecule has 1 atom stereocenters. The third-order valence-electron chi connectivity index (χ3n) is 7.53. The molecule has 4 heterocycles. The molecule has 2 aliphatic rings. The number of hydrogen-bond acceptors (Lipinski definition) is 6. The molecule has 0 aliphatic carbocycles. The average molecular weight is 565 g/mol. The van der Waals surface area contributed by atoms with Crippen molar-refractivity contribution in [1.82, 2.24) is 19.4 Å². The zero-order valence-electron chi connectivity index (χ0n) is 24.2. The summed E-state index contributed by atoms with van der Waals surface area (Å²) in [7, 11) is 0. The zero-order chi connectivity index (χ0) is 29.8. The van der Waals surface area contributed by atoms with E-state index in [9.17, 15) is 9.59 Å². The van der Waals surface area contributed by atoms with Crippen LogP contribution >= 0.6 is 0 Å². The van der Waals surface area contributed by atoms with Gasteiger partial charge in [0.1, 0.15) is 11.7 Å². The molecule has 0 radical (unpaired) electrons. The monoisotopic (exact) mass is 564 g/mol. The summed E-state index contributed by atoms with van der Waals surface area (Å²) >= 11 is 0. The third kappa shape index (κ3) is 4.98. The number of cyclic esters (lactones) is 1. The van der Waals surface area contributed by atoms with Crippen molar-refractivity contribution in [2.75, 3.05) is 11.4 Å². The Morgan fingerprint density at radius 2 is 1.86 bits per heavy atom. The zero-order valence-corrected chi connectivity index (χ0v) is 24.2. The van der Waals surface area contributed by atoms with E-state index in [0.29, 0.717) is 17.8 Å². The molecular weight excluding hydrogens is 532 g/mol. The number of rotatable bonds is 4. The van der Waals surface area contributed by atoms with Crippen molar-refractivity contribution in [2.45, 2.75) is 58.4 Å². The Morgan fingerprint density at radius 3 is 2.57 bits per heavy atom. The molecule has 2 aromatic carbocycles. The van der Waals surface area contributed by atoms with Crippen molar-refractivity contribution in [1.29, 1.82) is 5.26 Å². The summed E-state index contributed by atoms with van der Waals surface area (Å²) in [6.45, 7) is 9.86. The third-order valence-corrected chi connectivity index (χ3v) is 7.53. The standard InChI is InChI=1S/C32H32N6O4/c1-31(2,3)42-29(39)35-32(4,5)27-19-38(30(40)41-27)24-10-11-25-23(14-24)18-36-17-22(21-8-6-20(16-33)7-9-21)15-26(36)28-34-12-13-37(25)28/h6-15,17,27H,18-19H2,1-5H3,(H,35,39). The fourth-order valence-electron chi connectivity index (χ4n) is 5.39. The van der Waals surface area contributed by atoms with Gasteiger partial charge in [-0.2, -0.15) is 5.26 Å². The minimum absolute atomic E-state index is 0.272. The number of benzene rings is 2. The van der Waals surface area contributed by atoms with Gasteiger partial charge in [-0.3, -0.25) is 9.47 Å². The summed E-state index contributed by atoms with van der Waals surface area (Å²) in [5.41, 5.74) is 4.81. The first-order chi connectivity index (χ1) is 19.9. The first kappa shape index (κ1) is 27.1. The van der Waals surface area contributed by atoms with E-state index in [-0.39, 0.29) is 6.54 Å². The first-order valence-electron chi connectivity index (χ1n) is 13.8. The van der Waals surface area contributed by atoms with Gasteiger partial charge in [0, 0.05) is 36.4 Å². The van der Waals surface area contributed by atoms with Crippen molar-refractivity contribution in [3.8, 4) is 34.4 Å². The van der Waals surface area contributed by atoms with Gasteiger partial charge in [0.25, 0.3) is 0 Å². The fourth-order valence-corrected chi connectivity index (χ4v) is 5.39. The predicted molar refractivity (Wildman–Crippen MR) is 157 cm³/mol. The van der Waals surface area contributed by atoms with Crippen LogP contribution in [0.4, 0.5) is 15.3 Å². The number of amides is 2. The minimum Gasteiger partial charge on any atom is -0.444 e. The number of aromatic nitrogens is 3. The maximum Gasteiger partial charge on any atom is 0.414 e. The topological polar surface area (TPSA) is 114 Å². The summed E-state index contributed by atoms with van der Waals surface area (Å²) in [5.74, 6) is 0.817. The van der Waals surface area contributed by atoms with Crippen molar-refractivity contribution in [3.63, 3.8) is 0 Å². The van der Waals surface area contributed by atoms with Crippen molar-refractivity contribution in [2.24, 2.45) is 0 Å². The van der Waals surface area contributed by atoms with Crippen LogP contribution < -0.4 is 10.2 Å². The maximum atomic E-state index is 13.1. The highest BCUT2D eigenvalue weighted by Gasteiger charge is 2.43. The largest absolute Gasteiger partial charge is 0.444 e. The number of alkyl carbamates (subject to hydrolysis) is 1. The van der Waals surface area contributed by atoms with Crippen LogP contribution in [0.1, 0.15) is 45.7 Å². The fraction of sp³-hybridized carbons (Fsp3) is 0.312. The second-order valence-electron chi connectivity index (χ2n) is 12.2. The van der Waals surface area contributed by atoms with Gasteiger partial charge < -0.3 is 19.4 Å². The Balaban J connectivity index is 1.28. The van der Waals surface area contributed by atoms with Gasteiger partial charge in [0.15, 0.2) is 5.82 Å². The van der Waals surface area contributed by atoms with Gasteiger partial charge in [-0.1, -0.05) is 12.1 Å². The molecular formula is C32H32N6O4. The number of hydrogen-bond donors (Lipinski definition) is 1. The van der Waals surface area contributed by atoms with E-state index in [1.54, 1.807) is 31.9 Å². The SMILES string of the molecule is CC(C)(C)OC(=O)NC(C)(C)C1CN(c2ccc3c(c2)Cn2cc(-c4ccc(C#N)cc4)cc2-c2nccn2-3)C(=O)O1. The van der Waals surface area contributed by atoms with Crippen LogP contribution in [0.5, 0.6) is 0 Å². The second-order valence-corrected chi connectivity index (χ2v) is 12.2. The predicted octanol–water partition coefficient (Wildman–Crippen LogP) is 5.87. The summed E-state index contributed by atoms with van der Waals surface area (Å²) in [6, 6.07) is 17.7. The van der Waals surface area contributed by atoms with E-state index < -0.39 is 29.4 Å². The van der Waals surface area contributed by atoms with Crippen LogP contribution in [0.3, 0.4) is 0 Å². The first-order valence-corrected chi connectivity index (χ1v) is 13.8. The summed E-state index contributed by atoms with van der Waals surface area (Å²) < 4.78 is 15.4. The number of carbonyl (C=O) groups is 2. The van der Waals surface area contributed by atoms with E-state index in [1.165, 1.54) is 0 Å². The molecule has 2 aromatic heterocycles. The number of ether oxygens (including phenoxy) is 2. The normalized spacial score (nSPS) is 16.0. The van der Waals surface area contributed by atoms with Crippen LogP contribution in [0, 0.1) is 11.3 Å². The van der Waals surface area contributed by atoms with Crippen molar-refractivity contribution in [3.05, 3.63) is 78.2 Å². The number of nitriles is 1. The summed E-state index contributed by atoms with van der Waals surface area (Å²) in [6.07, 6.45) is 4.18. The lowest BCUT2D eigenvalue weighted by Gasteiger charge is -2.32.